The lowest BCUT2D eigenvalue weighted by Gasteiger charge is -2.32. The molecule has 1 N–H and O–H groups in total. The minimum absolute atomic E-state index is 0.0140. The maximum absolute atomic E-state index is 14.5. The topological polar surface area (TPSA) is 86.8 Å². The number of rotatable bonds is 15. The third-order valence-corrected chi connectivity index (χ3v) is 8.03. The number of nitrogens with one attached hydrogen (secondary N) is 1. The number of para-hydroxylation sites is 1. The van der Waals surface area contributed by atoms with E-state index in [9.17, 15) is 22.4 Å². The van der Waals surface area contributed by atoms with E-state index in [1.54, 1.807) is 11.0 Å². The highest BCUT2D eigenvalue weighted by molar-refractivity contribution is 7.92. The highest BCUT2D eigenvalue weighted by Gasteiger charge is 2.30. The second-order valence-corrected chi connectivity index (χ2v) is 12.2. The second-order valence-electron chi connectivity index (χ2n) is 10.2. The fraction of sp³-hybridized carbons (Fsp3) is 0.375. The van der Waals surface area contributed by atoms with E-state index < -0.39 is 21.9 Å². The Kier molecular flexibility index (Phi) is 11.9. The van der Waals surface area contributed by atoms with Crippen LogP contribution in [0.2, 0.25) is 0 Å². The highest BCUT2D eigenvalue weighted by atomic mass is 32.2. The lowest BCUT2D eigenvalue weighted by atomic mass is 10.0. The van der Waals surface area contributed by atoms with Crippen LogP contribution in [0.15, 0.2) is 78.9 Å². The first-order chi connectivity index (χ1) is 19.6. The number of amides is 2. The van der Waals surface area contributed by atoms with Crippen molar-refractivity contribution < 1.29 is 22.4 Å². The van der Waals surface area contributed by atoms with Gasteiger partial charge in [0.25, 0.3) is 0 Å². The Balaban J connectivity index is 1.87. The average molecular weight is 582 g/mol. The zero-order valence-electron chi connectivity index (χ0n) is 24.1. The van der Waals surface area contributed by atoms with Crippen LogP contribution in [0.3, 0.4) is 0 Å². The molecule has 0 saturated heterocycles. The fourth-order valence-electron chi connectivity index (χ4n) is 4.59. The monoisotopic (exact) mass is 581 g/mol. The molecule has 0 heterocycles. The molecule has 0 bridgehead atoms. The van der Waals surface area contributed by atoms with Gasteiger partial charge in [-0.1, -0.05) is 85.6 Å². The second kappa shape index (κ2) is 15.3. The summed E-state index contributed by atoms with van der Waals surface area (Å²) in [6.45, 7) is 4.69. The molecule has 1 atom stereocenters. The number of halogens is 1. The van der Waals surface area contributed by atoms with Crippen LogP contribution in [0.25, 0.3) is 0 Å². The largest absolute Gasteiger partial charge is 0.354 e. The lowest BCUT2D eigenvalue weighted by Crippen LogP contribution is -2.50. The Bertz CT molecular complexity index is 1380. The molecule has 0 fully saturated rings. The van der Waals surface area contributed by atoms with Crippen molar-refractivity contribution in [2.75, 3.05) is 23.7 Å². The molecule has 0 spiro atoms. The van der Waals surface area contributed by atoms with Crippen LogP contribution in [-0.2, 0) is 32.6 Å². The standard InChI is InChI=1S/C32H40FN3O4S/c1-4-5-21-34-32(38)30(23-26-12-7-6-8-13-26)35(24-27-19-17-25(2)18-20-27)31(37)16-11-22-36(41(3,39)40)29-15-10-9-14-28(29)33/h6-10,12-15,17-20,30H,4-5,11,16,21-24H2,1-3H3,(H,34,38)/t30-/m1/s1. The van der Waals surface area contributed by atoms with Crippen molar-refractivity contribution in [3.63, 3.8) is 0 Å². The summed E-state index contributed by atoms with van der Waals surface area (Å²) in [4.78, 5) is 28.9. The normalized spacial score (nSPS) is 12.0. The number of anilines is 1. The maximum Gasteiger partial charge on any atom is 0.243 e. The Labute approximate surface area is 243 Å². The molecule has 3 rings (SSSR count). The predicted molar refractivity (Wildman–Crippen MR) is 161 cm³/mol. The van der Waals surface area contributed by atoms with Gasteiger partial charge >= 0.3 is 0 Å². The fourth-order valence-corrected chi connectivity index (χ4v) is 5.55. The van der Waals surface area contributed by atoms with Gasteiger partial charge in [-0.05, 0) is 43.0 Å². The molecular weight excluding hydrogens is 541 g/mol. The van der Waals surface area contributed by atoms with E-state index >= 15 is 0 Å². The highest BCUT2D eigenvalue weighted by Crippen LogP contribution is 2.23. The number of carbonyl (C=O) groups is 2. The van der Waals surface area contributed by atoms with E-state index in [1.807, 2.05) is 68.4 Å². The Morgan fingerprint density at radius 2 is 1.56 bits per heavy atom. The van der Waals surface area contributed by atoms with Crippen molar-refractivity contribution >= 4 is 27.5 Å². The molecule has 2 amide bonds. The summed E-state index contributed by atoms with van der Waals surface area (Å²) in [6, 6.07) is 22.3. The van der Waals surface area contributed by atoms with Crippen LogP contribution in [-0.4, -0.2) is 50.5 Å². The molecule has 3 aromatic rings. The number of hydrogen-bond acceptors (Lipinski definition) is 4. The predicted octanol–water partition coefficient (Wildman–Crippen LogP) is 5.24. The van der Waals surface area contributed by atoms with Gasteiger partial charge in [-0.15, -0.1) is 0 Å². The number of hydrogen-bond donors (Lipinski definition) is 1. The van der Waals surface area contributed by atoms with E-state index in [1.165, 1.54) is 18.2 Å². The summed E-state index contributed by atoms with van der Waals surface area (Å²) in [5.41, 5.74) is 2.83. The van der Waals surface area contributed by atoms with Gasteiger partial charge in [0.15, 0.2) is 0 Å². The molecule has 41 heavy (non-hydrogen) atoms. The molecule has 0 saturated carbocycles. The summed E-state index contributed by atoms with van der Waals surface area (Å²) < 4.78 is 40.4. The molecule has 3 aromatic carbocycles. The van der Waals surface area contributed by atoms with Crippen LogP contribution in [0.1, 0.15) is 49.3 Å². The quantitative estimate of drug-likeness (QED) is 0.249. The van der Waals surface area contributed by atoms with Crippen molar-refractivity contribution in [1.29, 1.82) is 0 Å². The number of aryl methyl sites for hydroxylation is 1. The molecular formula is C32H40FN3O4S. The zero-order chi connectivity index (χ0) is 29.8. The van der Waals surface area contributed by atoms with Crippen LogP contribution in [0, 0.1) is 12.7 Å². The molecule has 0 aliphatic carbocycles. The van der Waals surface area contributed by atoms with Gasteiger partial charge < -0.3 is 10.2 Å². The third-order valence-electron chi connectivity index (χ3n) is 6.85. The molecule has 0 unspecified atom stereocenters. The molecule has 7 nitrogen and oxygen atoms in total. The minimum Gasteiger partial charge on any atom is -0.354 e. The van der Waals surface area contributed by atoms with Crippen molar-refractivity contribution in [3.05, 3.63) is 101 Å². The number of sulfonamides is 1. The first-order valence-electron chi connectivity index (χ1n) is 14.0. The molecule has 220 valence electrons. The third kappa shape index (κ3) is 9.70. The molecule has 0 aromatic heterocycles. The van der Waals surface area contributed by atoms with Crippen molar-refractivity contribution in [1.82, 2.24) is 10.2 Å². The van der Waals surface area contributed by atoms with Crippen LogP contribution in [0.4, 0.5) is 10.1 Å². The summed E-state index contributed by atoms with van der Waals surface area (Å²) in [5, 5.41) is 2.99. The van der Waals surface area contributed by atoms with E-state index in [-0.39, 0.29) is 43.4 Å². The lowest BCUT2D eigenvalue weighted by molar-refractivity contribution is -0.141. The summed E-state index contributed by atoms with van der Waals surface area (Å²) in [7, 11) is -3.79. The van der Waals surface area contributed by atoms with Gasteiger partial charge in [-0.25, -0.2) is 12.8 Å². The first kappa shape index (κ1) is 31.8. The Morgan fingerprint density at radius 1 is 0.902 bits per heavy atom. The molecule has 0 aliphatic rings. The Morgan fingerprint density at radius 3 is 2.20 bits per heavy atom. The number of benzene rings is 3. The van der Waals surface area contributed by atoms with E-state index in [0.717, 1.165) is 40.1 Å². The Hall–Kier alpha value is -3.72. The van der Waals surface area contributed by atoms with Crippen LogP contribution < -0.4 is 9.62 Å². The van der Waals surface area contributed by atoms with Gasteiger partial charge in [0.05, 0.1) is 11.9 Å². The van der Waals surface area contributed by atoms with Crippen molar-refractivity contribution in [3.8, 4) is 0 Å². The summed E-state index contributed by atoms with van der Waals surface area (Å²) >= 11 is 0. The molecule has 9 heteroatoms. The summed E-state index contributed by atoms with van der Waals surface area (Å²) in [5.74, 6) is -1.16. The van der Waals surface area contributed by atoms with Gasteiger partial charge in [-0.2, -0.15) is 0 Å². The molecule has 0 radical (unpaired) electrons. The summed E-state index contributed by atoms with van der Waals surface area (Å²) in [6.07, 6.45) is 3.24. The smallest absolute Gasteiger partial charge is 0.243 e. The van der Waals surface area contributed by atoms with Crippen molar-refractivity contribution in [2.45, 2.75) is 58.5 Å². The average Bonchev–Trinajstić information content (AvgIpc) is 2.94. The molecule has 0 aliphatic heterocycles. The van der Waals surface area contributed by atoms with E-state index in [0.29, 0.717) is 13.0 Å². The van der Waals surface area contributed by atoms with E-state index in [4.69, 9.17) is 0 Å². The van der Waals surface area contributed by atoms with Gasteiger partial charge in [0, 0.05) is 32.5 Å². The number of carbonyl (C=O) groups excluding carboxylic acids is 2. The first-order valence-corrected chi connectivity index (χ1v) is 15.8. The van der Waals surface area contributed by atoms with Gasteiger partial charge in [0.1, 0.15) is 11.9 Å². The zero-order valence-corrected chi connectivity index (χ0v) is 24.9. The van der Waals surface area contributed by atoms with Gasteiger partial charge in [-0.3, -0.25) is 13.9 Å². The number of nitrogens with zero attached hydrogens (tertiary/aromatic N) is 2. The van der Waals surface area contributed by atoms with E-state index in [2.05, 4.69) is 5.32 Å². The van der Waals surface area contributed by atoms with Crippen molar-refractivity contribution in [2.24, 2.45) is 0 Å². The SMILES string of the molecule is CCCCNC(=O)[C@@H](Cc1ccccc1)N(Cc1ccc(C)cc1)C(=O)CCCN(c1ccccc1F)S(C)(=O)=O. The number of unbranched alkanes of at least 4 members (excludes halogenated alkanes) is 1. The van der Waals surface area contributed by atoms with Crippen LogP contribution >= 0.6 is 0 Å². The minimum atomic E-state index is -3.79. The van der Waals surface area contributed by atoms with Crippen LogP contribution in [0.5, 0.6) is 0 Å². The maximum atomic E-state index is 14.5. The van der Waals surface area contributed by atoms with Gasteiger partial charge in [0.2, 0.25) is 21.8 Å².